The average Bonchev–Trinajstić information content (AvgIpc) is 2.48. The summed E-state index contributed by atoms with van der Waals surface area (Å²) in [6.45, 7) is 4.80. The monoisotopic (exact) mass is 276 g/mol. The second kappa shape index (κ2) is 8.02. The summed E-state index contributed by atoms with van der Waals surface area (Å²) < 4.78 is 5.55. The fourth-order valence-corrected chi connectivity index (χ4v) is 2.53. The van der Waals surface area contributed by atoms with Gasteiger partial charge in [0.05, 0.1) is 13.2 Å². The van der Waals surface area contributed by atoms with Crippen LogP contribution < -0.4 is 10.6 Å². The van der Waals surface area contributed by atoms with Gasteiger partial charge >= 0.3 is 0 Å². The van der Waals surface area contributed by atoms with Crippen LogP contribution in [0.3, 0.4) is 0 Å². The van der Waals surface area contributed by atoms with Gasteiger partial charge in [0.1, 0.15) is 0 Å². The Morgan fingerprint density at radius 3 is 2.95 bits per heavy atom. The molecule has 0 unspecified atom stereocenters. The van der Waals surface area contributed by atoms with E-state index in [-0.39, 0.29) is 11.8 Å². The number of carbonyl (C=O) groups is 1. The van der Waals surface area contributed by atoms with Crippen molar-refractivity contribution in [2.24, 2.45) is 5.92 Å². The lowest BCUT2D eigenvalue weighted by Gasteiger charge is -2.27. The number of piperidine rings is 1. The van der Waals surface area contributed by atoms with Crippen LogP contribution in [-0.4, -0.2) is 31.6 Å². The summed E-state index contributed by atoms with van der Waals surface area (Å²) in [6.07, 6.45) is 1.86. The van der Waals surface area contributed by atoms with Gasteiger partial charge in [-0.25, -0.2) is 0 Å². The molecule has 4 nitrogen and oxygen atoms in total. The van der Waals surface area contributed by atoms with Crippen LogP contribution in [0.4, 0.5) is 0 Å². The number of rotatable bonds is 6. The van der Waals surface area contributed by atoms with Crippen molar-refractivity contribution in [2.75, 3.05) is 19.7 Å². The van der Waals surface area contributed by atoms with Crippen molar-refractivity contribution in [2.45, 2.75) is 32.4 Å². The van der Waals surface area contributed by atoms with Crippen LogP contribution in [0.2, 0.25) is 0 Å². The van der Waals surface area contributed by atoms with Gasteiger partial charge in [0, 0.05) is 18.5 Å². The largest absolute Gasteiger partial charge is 0.375 e. The highest BCUT2D eigenvalue weighted by atomic mass is 16.5. The smallest absolute Gasteiger partial charge is 0.223 e. The van der Waals surface area contributed by atoms with Gasteiger partial charge in [-0.05, 0) is 31.9 Å². The number of nitrogens with one attached hydrogen (secondary N) is 2. The molecule has 1 fully saturated rings. The number of carbonyl (C=O) groups excluding carboxylic acids is 1. The van der Waals surface area contributed by atoms with E-state index in [9.17, 15) is 4.79 Å². The van der Waals surface area contributed by atoms with E-state index in [4.69, 9.17) is 4.74 Å². The van der Waals surface area contributed by atoms with Gasteiger partial charge in [0.2, 0.25) is 5.91 Å². The molecule has 0 aliphatic carbocycles. The Balaban J connectivity index is 1.57. The van der Waals surface area contributed by atoms with Crippen molar-refractivity contribution >= 4 is 5.91 Å². The van der Waals surface area contributed by atoms with Crippen LogP contribution in [0.25, 0.3) is 0 Å². The highest BCUT2D eigenvalue weighted by Crippen LogP contribution is 2.15. The zero-order chi connectivity index (χ0) is 14.2. The summed E-state index contributed by atoms with van der Waals surface area (Å²) in [5, 5.41) is 6.32. The van der Waals surface area contributed by atoms with E-state index in [0.29, 0.717) is 25.8 Å². The maximum Gasteiger partial charge on any atom is 0.223 e. The fourth-order valence-electron chi connectivity index (χ4n) is 2.53. The minimum Gasteiger partial charge on any atom is -0.375 e. The molecule has 0 aromatic heterocycles. The molecule has 1 saturated heterocycles. The third-order valence-corrected chi connectivity index (χ3v) is 3.65. The standard InChI is InChI=1S/C16H24N2O2/c1-13-11-15(7-8-17-13)16(19)18-9-10-20-12-14-5-3-2-4-6-14/h2-6,13,15,17H,7-12H2,1H3,(H,18,19)/t13-,15-/m0/s1. The quantitative estimate of drug-likeness (QED) is 0.778. The molecule has 2 rings (SSSR count). The minimum absolute atomic E-state index is 0.153. The molecule has 20 heavy (non-hydrogen) atoms. The summed E-state index contributed by atoms with van der Waals surface area (Å²) in [5.41, 5.74) is 1.16. The normalized spacial score (nSPS) is 22.4. The van der Waals surface area contributed by atoms with E-state index in [2.05, 4.69) is 17.6 Å². The zero-order valence-corrected chi connectivity index (χ0v) is 12.1. The van der Waals surface area contributed by atoms with E-state index in [0.717, 1.165) is 24.9 Å². The van der Waals surface area contributed by atoms with Crippen LogP contribution in [0.5, 0.6) is 0 Å². The zero-order valence-electron chi connectivity index (χ0n) is 12.1. The number of ether oxygens (including phenoxy) is 1. The van der Waals surface area contributed by atoms with Crippen LogP contribution in [0, 0.1) is 5.92 Å². The number of benzene rings is 1. The van der Waals surface area contributed by atoms with Crippen molar-refractivity contribution in [3.05, 3.63) is 35.9 Å². The average molecular weight is 276 g/mol. The SMILES string of the molecule is C[C@H]1C[C@@H](C(=O)NCCOCc2ccccc2)CCN1. The molecule has 0 saturated carbocycles. The van der Waals surface area contributed by atoms with Crippen LogP contribution >= 0.6 is 0 Å². The Bertz CT molecular complexity index is 408. The van der Waals surface area contributed by atoms with Crippen molar-refractivity contribution in [3.8, 4) is 0 Å². The van der Waals surface area contributed by atoms with Gasteiger partial charge in [-0.1, -0.05) is 30.3 Å². The molecular weight excluding hydrogens is 252 g/mol. The Labute approximate surface area is 120 Å². The summed E-state index contributed by atoms with van der Waals surface area (Å²) in [5.74, 6) is 0.321. The van der Waals surface area contributed by atoms with E-state index in [1.807, 2.05) is 30.3 Å². The molecule has 2 atom stereocenters. The number of amides is 1. The minimum atomic E-state index is 0.153. The number of hydrogen-bond donors (Lipinski definition) is 2. The van der Waals surface area contributed by atoms with Gasteiger partial charge in [0.15, 0.2) is 0 Å². The highest BCUT2D eigenvalue weighted by Gasteiger charge is 2.24. The van der Waals surface area contributed by atoms with Crippen molar-refractivity contribution in [3.63, 3.8) is 0 Å². The predicted octanol–water partition coefficient (Wildman–Crippen LogP) is 1.71. The second-order valence-electron chi connectivity index (χ2n) is 5.41. The first-order valence-electron chi connectivity index (χ1n) is 7.38. The summed E-state index contributed by atoms with van der Waals surface area (Å²) in [6, 6.07) is 10.5. The van der Waals surface area contributed by atoms with Crippen molar-refractivity contribution < 1.29 is 9.53 Å². The Morgan fingerprint density at radius 1 is 1.40 bits per heavy atom. The molecule has 1 aliphatic rings. The molecule has 0 radical (unpaired) electrons. The third-order valence-electron chi connectivity index (χ3n) is 3.65. The van der Waals surface area contributed by atoms with Gasteiger partial charge in [0.25, 0.3) is 0 Å². The maximum atomic E-state index is 12.0. The Hall–Kier alpha value is -1.39. The lowest BCUT2D eigenvalue weighted by Crippen LogP contribution is -2.43. The molecule has 1 aliphatic heterocycles. The molecule has 110 valence electrons. The van der Waals surface area contributed by atoms with Gasteiger partial charge in [-0.2, -0.15) is 0 Å². The Morgan fingerprint density at radius 2 is 2.20 bits per heavy atom. The third kappa shape index (κ3) is 4.94. The van der Waals surface area contributed by atoms with Crippen LogP contribution in [0.1, 0.15) is 25.3 Å². The molecule has 1 heterocycles. The van der Waals surface area contributed by atoms with E-state index < -0.39 is 0 Å². The topological polar surface area (TPSA) is 50.4 Å². The van der Waals surface area contributed by atoms with Crippen LogP contribution in [-0.2, 0) is 16.1 Å². The molecular formula is C16H24N2O2. The van der Waals surface area contributed by atoms with Gasteiger partial charge in [-0.3, -0.25) is 4.79 Å². The second-order valence-corrected chi connectivity index (χ2v) is 5.41. The first-order chi connectivity index (χ1) is 9.75. The highest BCUT2D eigenvalue weighted by molar-refractivity contribution is 5.78. The first kappa shape index (κ1) is 15.0. The van der Waals surface area contributed by atoms with Crippen molar-refractivity contribution in [1.82, 2.24) is 10.6 Å². The molecule has 4 heteroatoms. The van der Waals surface area contributed by atoms with Gasteiger partial charge in [-0.15, -0.1) is 0 Å². The molecule has 2 N–H and O–H groups in total. The summed E-state index contributed by atoms with van der Waals surface area (Å²) in [4.78, 5) is 12.0. The molecule has 0 bridgehead atoms. The molecule has 1 aromatic carbocycles. The number of hydrogen-bond acceptors (Lipinski definition) is 3. The van der Waals surface area contributed by atoms with Crippen molar-refractivity contribution in [1.29, 1.82) is 0 Å². The fraction of sp³-hybridized carbons (Fsp3) is 0.562. The van der Waals surface area contributed by atoms with E-state index in [1.54, 1.807) is 0 Å². The van der Waals surface area contributed by atoms with E-state index >= 15 is 0 Å². The van der Waals surface area contributed by atoms with Crippen LogP contribution in [0.15, 0.2) is 30.3 Å². The van der Waals surface area contributed by atoms with Gasteiger partial charge < -0.3 is 15.4 Å². The molecule has 0 spiro atoms. The maximum absolute atomic E-state index is 12.0. The lowest BCUT2D eigenvalue weighted by atomic mass is 9.92. The lowest BCUT2D eigenvalue weighted by molar-refractivity contribution is -0.126. The molecule has 1 amide bonds. The Kier molecular flexibility index (Phi) is 6.02. The summed E-state index contributed by atoms with van der Waals surface area (Å²) in [7, 11) is 0. The first-order valence-corrected chi connectivity index (χ1v) is 7.38. The summed E-state index contributed by atoms with van der Waals surface area (Å²) >= 11 is 0. The molecule has 1 aromatic rings. The van der Waals surface area contributed by atoms with E-state index in [1.165, 1.54) is 0 Å². The predicted molar refractivity (Wildman–Crippen MR) is 79.3 cm³/mol.